The fraction of sp³-hybridized carbons (Fsp3) is 0.294. The SMILES string of the molecule is CCCOC(=O)c1ccc(C(=O)OC)cc1.CCCOC(=O)c1ccc(C(=O)OCCO)cc1.COC(=O)c1ccc(C(=O)O)cc1.[Na+].[OH-]. The number of esters is 5. The zero-order valence-electron chi connectivity index (χ0n) is 28.0. The van der Waals surface area contributed by atoms with Gasteiger partial charge >= 0.3 is 65.4 Å². The van der Waals surface area contributed by atoms with Gasteiger partial charge in [0.2, 0.25) is 0 Å². The van der Waals surface area contributed by atoms with E-state index < -0.39 is 29.8 Å². The Morgan fingerprint density at radius 1 is 0.490 bits per heavy atom. The molecule has 0 bridgehead atoms. The molecule has 0 aliphatic heterocycles. The van der Waals surface area contributed by atoms with E-state index >= 15 is 0 Å². The minimum atomic E-state index is -1.02. The molecule has 3 N–H and O–H groups in total. The average molecular weight is 695 g/mol. The zero-order valence-corrected chi connectivity index (χ0v) is 30.0. The molecule has 0 heterocycles. The average Bonchev–Trinajstić information content (AvgIpc) is 3.11. The topological polar surface area (TPSA) is 219 Å². The van der Waals surface area contributed by atoms with Gasteiger partial charge in [-0.2, -0.15) is 0 Å². The van der Waals surface area contributed by atoms with E-state index in [0.29, 0.717) is 41.0 Å². The van der Waals surface area contributed by atoms with Crippen LogP contribution >= 0.6 is 0 Å². The van der Waals surface area contributed by atoms with E-state index in [1.54, 1.807) is 12.1 Å². The maximum atomic E-state index is 11.5. The standard InChI is InChI=1S/C13H16O5.C12H14O4.C9H8O4.Na.H2O/c1-2-8-17-12(15)10-3-5-11(6-4-10)13(16)18-9-7-14;1-3-8-16-12(14)10-6-4-9(5-7-10)11(13)15-2;1-13-9(12)7-4-2-6(3-5-7)8(10)11;;/h3-6,14H,2,7-9H2,1H3;4-7H,3,8H2,1-2H3;2-5H,1H3,(H,10,11);;1H2/q;;;+1;/p-1. The van der Waals surface area contributed by atoms with Crippen molar-refractivity contribution in [3.8, 4) is 0 Å². The maximum Gasteiger partial charge on any atom is 1.00 e. The Bertz CT molecular complexity index is 1410. The van der Waals surface area contributed by atoms with Gasteiger partial charge in [0.25, 0.3) is 0 Å². The second kappa shape index (κ2) is 26.4. The number of carbonyl (C=O) groups is 6. The van der Waals surface area contributed by atoms with Crippen LogP contribution in [0.3, 0.4) is 0 Å². The summed E-state index contributed by atoms with van der Waals surface area (Å²) in [4.78, 5) is 66.8. The second-order valence-electron chi connectivity index (χ2n) is 9.15. The number of carbonyl (C=O) groups excluding carboxylic acids is 5. The van der Waals surface area contributed by atoms with Crippen molar-refractivity contribution in [1.82, 2.24) is 0 Å². The van der Waals surface area contributed by atoms with E-state index in [-0.39, 0.29) is 59.8 Å². The van der Waals surface area contributed by atoms with Crippen molar-refractivity contribution < 1.29 is 97.7 Å². The van der Waals surface area contributed by atoms with Gasteiger partial charge in [0.1, 0.15) is 6.61 Å². The molecule has 3 rings (SSSR count). The molecule has 0 radical (unpaired) electrons. The number of hydrogen-bond donors (Lipinski definition) is 2. The molecule has 0 saturated carbocycles. The second-order valence-corrected chi connectivity index (χ2v) is 9.15. The van der Waals surface area contributed by atoms with Crippen LogP contribution in [-0.2, 0) is 23.7 Å². The molecule has 3 aromatic carbocycles. The van der Waals surface area contributed by atoms with Crippen LogP contribution in [0.1, 0.15) is 88.8 Å². The van der Waals surface area contributed by atoms with Gasteiger partial charge in [-0.25, -0.2) is 28.8 Å². The van der Waals surface area contributed by atoms with Gasteiger partial charge in [0, 0.05) is 0 Å². The van der Waals surface area contributed by atoms with E-state index in [1.807, 2.05) is 13.8 Å². The summed E-state index contributed by atoms with van der Waals surface area (Å²) in [5, 5.41) is 17.1. The monoisotopic (exact) mass is 694 g/mol. The predicted molar refractivity (Wildman–Crippen MR) is 169 cm³/mol. The predicted octanol–water partition coefficient (Wildman–Crippen LogP) is 1.44. The number of carboxylic acids is 1. The Balaban J connectivity index is 0. The third kappa shape index (κ3) is 17.4. The van der Waals surface area contributed by atoms with E-state index in [2.05, 4.69) is 9.47 Å². The Morgan fingerprint density at radius 2 is 0.735 bits per heavy atom. The molecule has 0 amide bonds. The van der Waals surface area contributed by atoms with E-state index in [1.165, 1.54) is 74.9 Å². The first-order chi connectivity index (χ1) is 22.5. The first-order valence-electron chi connectivity index (χ1n) is 14.3. The van der Waals surface area contributed by atoms with Crippen LogP contribution in [0.5, 0.6) is 0 Å². The molecule has 0 unspecified atom stereocenters. The Morgan fingerprint density at radius 3 is 0.959 bits per heavy atom. The molecule has 0 spiro atoms. The van der Waals surface area contributed by atoms with Gasteiger partial charge < -0.3 is 39.4 Å². The molecule has 0 aliphatic carbocycles. The largest absolute Gasteiger partial charge is 1.00 e. The molecule has 0 saturated heterocycles. The molecule has 0 aromatic heterocycles. The molecular weight excluding hydrogens is 655 g/mol. The minimum absolute atomic E-state index is 0. The van der Waals surface area contributed by atoms with Crippen LogP contribution in [0.4, 0.5) is 0 Å². The van der Waals surface area contributed by atoms with Crippen molar-refractivity contribution in [2.24, 2.45) is 0 Å². The summed E-state index contributed by atoms with van der Waals surface area (Å²) in [5.41, 5.74) is 2.05. The van der Waals surface area contributed by atoms with Crippen molar-refractivity contribution in [2.45, 2.75) is 26.7 Å². The number of aromatic carboxylic acids is 1. The molecule has 49 heavy (non-hydrogen) atoms. The molecule has 14 nitrogen and oxygen atoms in total. The number of benzene rings is 3. The van der Waals surface area contributed by atoms with Crippen LogP contribution in [0, 0.1) is 0 Å². The normalized spacial score (nSPS) is 9.24. The van der Waals surface area contributed by atoms with E-state index in [4.69, 9.17) is 24.4 Å². The number of rotatable bonds is 12. The minimum Gasteiger partial charge on any atom is -0.870 e. The molecule has 15 heteroatoms. The smallest absolute Gasteiger partial charge is 0.870 e. The summed E-state index contributed by atoms with van der Waals surface area (Å²) in [7, 11) is 2.58. The molecule has 0 aliphatic rings. The fourth-order valence-electron chi connectivity index (χ4n) is 3.25. The maximum absolute atomic E-state index is 11.5. The summed E-state index contributed by atoms with van der Waals surface area (Å²) in [5.74, 6) is -3.23. The summed E-state index contributed by atoms with van der Waals surface area (Å²) in [6.45, 7) is 4.35. The van der Waals surface area contributed by atoms with Gasteiger partial charge in [0.05, 0.1) is 67.4 Å². The van der Waals surface area contributed by atoms with Gasteiger partial charge in [-0.3, -0.25) is 0 Å². The van der Waals surface area contributed by atoms with Crippen molar-refractivity contribution in [3.05, 3.63) is 106 Å². The molecular formula is C34H39NaO14. The third-order valence-corrected chi connectivity index (χ3v) is 5.65. The van der Waals surface area contributed by atoms with Crippen LogP contribution in [0.25, 0.3) is 0 Å². The third-order valence-electron chi connectivity index (χ3n) is 5.65. The van der Waals surface area contributed by atoms with Gasteiger partial charge in [-0.15, -0.1) is 0 Å². The van der Waals surface area contributed by atoms with Crippen molar-refractivity contribution in [3.63, 3.8) is 0 Å². The summed E-state index contributed by atoms with van der Waals surface area (Å²) in [6, 6.07) is 17.7. The van der Waals surface area contributed by atoms with Crippen molar-refractivity contribution in [1.29, 1.82) is 0 Å². The molecule has 260 valence electrons. The number of aliphatic hydroxyl groups excluding tert-OH is 1. The number of aliphatic hydroxyl groups is 1. The van der Waals surface area contributed by atoms with Crippen LogP contribution in [-0.4, -0.2) is 92.2 Å². The number of carboxylic acid groups (broad SMARTS) is 1. The molecule has 0 atom stereocenters. The quantitative estimate of drug-likeness (QED) is 0.156. The van der Waals surface area contributed by atoms with Crippen LogP contribution in [0.2, 0.25) is 0 Å². The number of ether oxygens (including phenoxy) is 5. The van der Waals surface area contributed by atoms with E-state index in [0.717, 1.165) is 12.8 Å². The summed E-state index contributed by atoms with van der Waals surface area (Å²) >= 11 is 0. The summed E-state index contributed by atoms with van der Waals surface area (Å²) in [6.07, 6.45) is 1.54. The van der Waals surface area contributed by atoms with Crippen LogP contribution in [0.15, 0.2) is 72.8 Å². The van der Waals surface area contributed by atoms with Crippen molar-refractivity contribution in [2.75, 3.05) is 40.6 Å². The molecule has 0 fully saturated rings. The Hall–Kier alpha value is -4.60. The van der Waals surface area contributed by atoms with E-state index in [9.17, 15) is 28.8 Å². The zero-order chi connectivity index (χ0) is 35.2. The fourth-order valence-corrected chi connectivity index (χ4v) is 3.25. The first-order valence-corrected chi connectivity index (χ1v) is 14.3. The van der Waals surface area contributed by atoms with Crippen LogP contribution < -0.4 is 29.6 Å². The summed E-state index contributed by atoms with van der Waals surface area (Å²) < 4.78 is 23.6. The Labute approximate surface area is 305 Å². The van der Waals surface area contributed by atoms with Gasteiger partial charge in [-0.05, 0) is 85.6 Å². The van der Waals surface area contributed by atoms with Crippen molar-refractivity contribution >= 4 is 35.8 Å². The molecule has 3 aromatic rings. The first kappa shape index (κ1) is 46.5. The Kier molecular flexibility index (Phi) is 25.0. The number of methoxy groups -OCH3 is 2. The van der Waals surface area contributed by atoms with Gasteiger partial charge in [0.15, 0.2) is 0 Å². The van der Waals surface area contributed by atoms with Gasteiger partial charge in [-0.1, -0.05) is 13.8 Å². The number of hydrogen-bond acceptors (Lipinski definition) is 13.